The van der Waals surface area contributed by atoms with Crippen LogP contribution in [0.15, 0.2) is 0 Å². The Balaban J connectivity index is 0. The molecule has 109 valence electrons. The van der Waals surface area contributed by atoms with E-state index in [1.807, 2.05) is 0 Å². The van der Waals surface area contributed by atoms with Crippen molar-refractivity contribution >= 4 is 5.97 Å². The third kappa shape index (κ3) is 18.4. The first kappa shape index (κ1) is 20.3. The average Bonchev–Trinajstić information content (AvgIpc) is 2.30. The largest absolute Gasteiger partial charge is 0.481 e. The van der Waals surface area contributed by atoms with Gasteiger partial charge in [-0.05, 0) is 6.42 Å². The van der Waals surface area contributed by atoms with Gasteiger partial charge in [-0.1, -0.05) is 77.6 Å². The van der Waals surface area contributed by atoms with Crippen LogP contribution in [0, 0.1) is 0 Å². The van der Waals surface area contributed by atoms with Gasteiger partial charge in [-0.25, -0.2) is 0 Å². The van der Waals surface area contributed by atoms with Crippen molar-refractivity contribution in [2.75, 3.05) is 0 Å². The molecule has 3 heteroatoms. The molecule has 0 heterocycles. The van der Waals surface area contributed by atoms with Crippen molar-refractivity contribution in [2.45, 2.75) is 90.4 Å². The van der Waals surface area contributed by atoms with Crippen LogP contribution in [0.2, 0.25) is 0 Å². The van der Waals surface area contributed by atoms with Crippen LogP contribution in [0.4, 0.5) is 0 Å². The first-order valence-electron chi connectivity index (χ1n) is 7.49. The minimum Gasteiger partial charge on any atom is -0.481 e. The van der Waals surface area contributed by atoms with Crippen molar-refractivity contribution in [1.29, 1.82) is 0 Å². The number of rotatable bonds is 13. The predicted octanol–water partition coefficient (Wildman–Crippen LogP) is 5.16. The van der Waals surface area contributed by atoms with Gasteiger partial charge >= 0.3 is 5.97 Å². The maximum atomic E-state index is 10.3. The van der Waals surface area contributed by atoms with Gasteiger partial charge in [0.25, 0.3) is 0 Å². The number of carboxylic acids is 1. The second kappa shape index (κ2) is 17.0. The van der Waals surface area contributed by atoms with E-state index in [0.29, 0.717) is 6.42 Å². The topological polar surface area (TPSA) is 37.3 Å². The Morgan fingerprint density at radius 1 is 0.722 bits per heavy atom. The molecule has 2 nitrogen and oxygen atoms in total. The summed E-state index contributed by atoms with van der Waals surface area (Å²) in [5, 5.41) is 8.47. The zero-order chi connectivity index (χ0) is 12.8. The first-order valence-corrected chi connectivity index (χ1v) is 7.49. The van der Waals surface area contributed by atoms with E-state index in [1.165, 1.54) is 64.2 Å². The Morgan fingerprint density at radius 2 is 1.06 bits per heavy atom. The smallest absolute Gasteiger partial charge is 0.303 e. The minimum absolute atomic E-state index is 0. The number of unbranched alkanes of at least 4 members (excludes halogenated alkanes) is 11. The van der Waals surface area contributed by atoms with Crippen LogP contribution in [0.1, 0.15) is 90.4 Å². The third-order valence-corrected chi connectivity index (χ3v) is 3.24. The fourth-order valence-electron chi connectivity index (χ4n) is 2.12. The molecular formula is C15H30MnO2. The SMILES string of the molecule is CCCCCCCCCCCCCCC(=O)O.[Mn]. The fraction of sp³-hybridized carbons (Fsp3) is 0.933. The molecule has 0 unspecified atom stereocenters. The summed E-state index contributed by atoms with van der Waals surface area (Å²) < 4.78 is 0. The van der Waals surface area contributed by atoms with E-state index in [0.717, 1.165) is 12.8 Å². The van der Waals surface area contributed by atoms with Crippen molar-refractivity contribution in [3.05, 3.63) is 0 Å². The van der Waals surface area contributed by atoms with Gasteiger partial charge in [0.2, 0.25) is 0 Å². The Hall–Kier alpha value is -0.0105. The van der Waals surface area contributed by atoms with Crippen molar-refractivity contribution in [3.8, 4) is 0 Å². The molecule has 0 atom stereocenters. The zero-order valence-electron chi connectivity index (χ0n) is 11.9. The van der Waals surface area contributed by atoms with E-state index in [9.17, 15) is 4.79 Å². The van der Waals surface area contributed by atoms with E-state index in [2.05, 4.69) is 6.92 Å². The summed E-state index contributed by atoms with van der Waals surface area (Å²) in [6.45, 7) is 2.25. The monoisotopic (exact) mass is 297 g/mol. The van der Waals surface area contributed by atoms with Crippen LogP contribution in [-0.4, -0.2) is 11.1 Å². The molecule has 0 aromatic rings. The molecule has 0 fully saturated rings. The molecule has 1 N–H and O–H groups in total. The summed E-state index contributed by atoms with van der Waals surface area (Å²) in [6.07, 6.45) is 15.8. The number of carbonyl (C=O) groups is 1. The van der Waals surface area contributed by atoms with Gasteiger partial charge in [-0.3, -0.25) is 4.79 Å². The molecule has 18 heavy (non-hydrogen) atoms. The van der Waals surface area contributed by atoms with Gasteiger partial charge in [0, 0.05) is 23.5 Å². The van der Waals surface area contributed by atoms with Crippen molar-refractivity contribution in [1.82, 2.24) is 0 Å². The summed E-state index contributed by atoms with van der Waals surface area (Å²) in [7, 11) is 0. The number of aliphatic carboxylic acids is 1. The molecule has 0 aromatic carbocycles. The molecule has 0 saturated heterocycles. The van der Waals surface area contributed by atoms with Gasteiger partial charge < -0.3 is 5.11 Å². The van der Waals surface area contributed by atoms with E-state index in [1.54, 1.807) is 0 Å². The molecule has 0 aliphatic rings. The van der Waals surface area contributed by atoms with E-state index < -0.39 is 5.97 Å². The Bertz CT molecular complexity index is 172. The van der Waals surface area contributed by atoms with E-state index in [-0.39, 0.29) is 17.1 Å². The molecule has 0 aromatic heterocycles. The van der Waals surface area contributed by atoms with Crippen molar-refractivity contribution < 1.29 is 27.0 Å². The second-order valence-electron chi connectivity index (χ2n) is 5.03. The van der Waals surface area contributed by atoms with Crippen molar-refractivity contribution in [3.63, 3.8) is 0 Å². The molecule has 0 bridgehead atoms. The van der Waals surface area contributed by atoms with Crippen LogP contribution in [-0.2, 0) is 21.9 Å². The molecule has 0 amide bonds. The standard InChI is InChI=1S/C15H30O2.Mn/c1-2-3-4-5-6-7-8-9-10-11-12-13-14-15(16)17;/h2-14H2,1H3,(H,16,17);. The summed E-state index contributed by atoms with van der Waals surface area (Å²) in [5.74, 6) is -0.655. The number of hydrogen-bond donors (Lipinski definition) is 1. The van der Waals surface area contributed by atoms with Crippen LogP contribution in [0.3, 0.4) is 0 Å². The third-order valence-electron chi connectivity index (χ3n) is 3.24. The van der Waals surface area contributed by atoms with Gasteiger partial charge in [0.15, 0.2) is 0 Å². The summed E-state index contributed by atoms with van der Waals surface area (Å²) >= 11 is 0. The first-order chi connectivity index (χ1) is 8.27. The Morgan fingerprint density at radius 3 is 1.39 bits per heavy atom. The van der Waals surface area contributed by atoms with Gasteiger partial charge in [-0.2, -0.15) is 0 Å². The van der Waals surface area contributed by atoms with Crippen LogP contribution in [0.5, 0.6) is 0 Å². The van der Waals surface area contributed by atoms with Gasteiger partial charge in [0.05, 0.1) is 0 Å². The average molecular weight is 297 g/mol. The summed E-state index contributed by atoms with van der Waals surface area (Å²) in [4.78, 5) is 10.3. The Kier molecular flexibility index (Phi) is 19.2. The van der Waals surface area contributed by atoms with Gasteiger partial charge in [-0.15, -0.1) is 0 Å². The Labute approximate surface area is 123 Å². The normalized spacial score (nSPS) is 10.1. The predicted molar refractivity (Wildman–Crippen MR) is 73.3 cm³/mol. The number of carboxylic acid groups (broad SMARTS) is 1. The molecular weight excluding hydrogens is 267 g/mol. The zero-order valence-corrected chi connectivity index (χ0v) is 13.1. The molecule has 1 radical (unpaired) electrons. The van der Waals surface area contributed by atoms with Crippen LogP contribution >= 0.6 is 0 Å². The molecule has 0 aliphatic heterocycles. The molecule has 0 rings (SSSR count). The maximum Gasteiger partial charge on any atom is 0.303 e. The van der Waals surface area contributed by atoms with E-state index in [4.69, 9.17) is 5.11 Å². The fourth-order valence-corrected chi connectivity index (χ4v) is 2.12. The molecule has 0 saturated carbocycles. The summed E-state index contributed by atoms with van der Waals surface area (Å²) in [6, 6.07) is 0. The quantitative estimate of drug-likeness (QED) is 0.376. The van der Waals surface area contributed by atoms with Crippen molar-refractivity contribution in [2.24, 2.45) is 0 Å². The number of hydrogen-bond acceptors (Lipinski definition) is 1. The van der Waals surface area contributed by atoms with Crippen LogP contribution in [0.25, 0.3) is 0 Å². The minimum atomic E-state index is -0.655. The van der Waals surface area contributed by atoms with Gasteiger partial charge in [0.1, 0.15) is 0 Å². The molecule has 0 spiro atoms. The second-order valence-corrected chi connectivity index (χ2v) is 5.03. The summed E-state index contributed by atoms with van der Waals surface area (Å²) in [5.41, 5.74) is 0. The maximum absolute atomic E-state index is 10.3. The molecule has 0 aliphatic carbocycles. The van der Waals surface area contributed by atoms with E-state index >= 15 is 0 Å². The van der Waals surface area contributed by atoms with Crippen LogP contribution < -0.4 is 0 Å².